The summed E-state index contributed by atoms with van der Waals surface area (Å²) in [7, 11) is 1.98. The van der Waals surface area contributed by atoms with Gasteiger partial charge in [-0.3, -0.25) is 4.90 Å². The Balaban J connectivity index is 1.65. The Kier molecular flexibility index (Phi) is 5.60. The highest BCUT2D eigenvalue weighted by Crippen LogP contribution is 2.27. The van der Waals surface area contributed by atoms with E-state index in [-0.39, 0.29) is 18.0 Å². The average molecular weight is 345 g/mol. The van der Waals surface area contributed by atoms with Crippen LogP contribution >= 0.6 is 0 Å². The van der Waals surface area contributed by atoms with Gasteiger partial charge in [0.05, 0.1) is 5.69 Å². The molecule has 0 unspecified atom stereocenters. The van der Waals surface area contributed by atoms with Crippen LogP contribution in [0.2, 0.25) is 0 Å². The quantitative estimate of drug-likeness (QED) is 0.903. The third-order valence-corrected chi connectivity index (χ3v) is 4.66. The van der Waals surface area contributed by atoms with Crippen molar-refractivity contribution in [1.82, 2.24) is 14.9 Å². The molecule has 0 amide bonds. The van der Waals surface area contributed by atoms with Gasteiger partial charge < -0.3 is 9.84 Å². The molecule has 5 nitrogen and oxygen atoms in total. The van der Waals surface area contributed by atoms with Crippen LogP contribution in [0, 0.1) is 12.7 Å². The maximum atomic E-state index is 13.3. The molecule has 0 aliphatic heterocycles. The largest absolute Gasteiger partial charge is 0.488 e. The zero-order valence-corrected chi connectivity index (χ0v) is 14.6. The second-order valence-electron chi connectivity index (χ2n) is 6.61. The van der Waals surface area contributed by atoms with E-state index in [1.807, 2.05) is 20.0 Å². The van der Waals surface area contributed by atoms with Crippen LogP contribution in [0.4, 0.5) is 4.39 Å². The van der Waals surface area contributed by atoms with Gasteiger partial charge >= 0.3 is 0 Å². The molecule has 1 heterocycles. The minimum atomic E-state index is -0.634. The molecule has 1 N–H and O–H groups in total. The van der Waals surface area contributed by atoms with Gasteiger partial charge in [-0.05, 0) is 51.4 Å². The number of aryl methyl sites for hydroxylation is 1. The van der Waals surface area contributed by atoms with Crippen molar-refractivity contribution in [2.45, 2.75) is 51.0 Å². The number of benzene rings is 1. The molecule has 1 aromatic carbocycles. The van der Waals surface area contributed by atoms with Crippen LogP contribution < -0.4 is 4.74 Å². The van der Waals surface area contributed by atoms with Crippen molar-refractivity contribution in [3.8, 4) is 5.75 Å². The fraction of sp³-hybridized carbons (Fsp3) is 0.474. The molecule has 0 saturated heterocycles. The summed E-state index contributed by atoms with van der Waals surface area (Å²) in [6.07, 6.45) is 3.38. The number of aliphatic hydroxyl groups is 1. The molecule has 3 rings (SSSR count). The van der Waals surface area contributed by atoms with Crippen molar-refractivity contribution < 1.29 is 14.2 Å². The first-order valence-corrected chi connectivity index (χ1v) is 8.62. The van der Waals surface area contributed by atoms with Gasteiger partial charge in [0.25, 0.3) is 0 Å². The topological polar surface area (TPSA) is 58.5 Å². The van der Waals surface area contributed by atoms with Gasteiger partial charge in [-0.1, -0.05) is 6.07 Å². The standard InChI is InChI=1S/C19H24FN3O2/c1-13-21-10-9-15(22-13)12-23(2)17-7-4-8-18(19(17)24)25-16-6-3-5-14(20)11-16/h3,5-6,9-11,17-19,24H,4,7-8,12H2,1-2H3/t17-,18+,19+/m1/s1. The lowest BCUT2D eigenvalue weighted by molar-refractivity contribution is -0.0494. The number of likely N-dealkylation sites (N-methyl/N-ethyl adjacent to an activating group) is 1. The first-order chi connectivity index (χ1) is 12.0. The SMILES string of the molecule is Cc1nccc(CN(C)[C@@H]2CCC[C@H](Oc3cccc(F)c3)[C@H]2O)n1. The minimum Gasteiger partial charge on any atom is -0.488 e. The summed E-state index contributed by atoms with van der Waals surface area (Å²) in [5.41, 5.74) is 0.926. The molecule has 1 aromatic heterocycles. The van der Waals surface area contributed by atoms with E-state index in [0.717, 1.165) is 30.8 Å². The summed E-state index contributed by atoms with van der Waals surface area (Å²) < 4.78 is 19.2. The molecule has 1 aliphatic rings. The molecule has 6 heteroatoms. The van der Waals surface area contributed by atoms with Crippen molar-refractivity contribution in [3.63, 3.8) is 0 Å². The zero-order chi connectivity index (χ0) is 17.8. The molecule has 134 valence electrons. The van der Waals surface area contributed by atoms with Gasteiger partial charge in [0, 0.05) is 24.8 Å². The van der Waals surface area contributed by atoms with Crippen molar-refractivity contribution in [1.29, 1.82) is 0 Å². The van der Waals surface area contributed by atoms with Crippen molar-refractivity contribution in [2.75, 3.05) is 7.05 Å². The Labute approximate surface area is 147 Å². The number of aromatic nitrogens is 2. The van der Waals surface area contributed by atoms with Gasteiger partial charge in [-0.25, -0.2) is 14.4 Å². The Morgan fingerprint density at radius 2 is 2.16 bits per heavy atom. The summed E-state index contributed by atoms with van der Waals surface area (Å²) in [6, 6.07) is 7.92. The zero-order valence-electron chi connectivity index (χ0n) is 14.6. The molecule has 0 bridgehead atoms. The molecule has 1 saturated carbocycles. The number of rotatable bonds is 5. The van der Waals surface area contributed by atoms with Crippen LogP contribution in [0.25, 0.3) is 0 Å². The van der Waals surface area contributed by atoms with E-state index in [0.29, 0.717) is 12.3 Å². The smallest absolute Gasteiger partial charge is 0.126 e. The average Bonchev–Trinajstić information content (AvgIpc) is 2.57. The van der Waals surface area contributed by atoms with Crippen molar-refractivity contribution in [3.05, 3.63) is 53.9 Å². The highest BCUT2D eigenvalue weighted by atomic mass is 19.1. The van der Waals surface area contributed by atoms with Crippen molar-refractivity contribution in [2.24, 2.45) is 0 Å². The maximum Gasteiger partial charge on any atom is 0.126 e. The Hall–Kier alpha value is -2.05. The number of nitrogens with zero attached hydrogens (tertiary/aromatic N) is 3. The van der Waals surface area contributed by atoms with E-state index in [2.05, 4.69) is 14.9 Å². The lowest BCUT2D eigenvalue weighted by Crippen LogP contribution is -2.51. The highest BCUT2D eigenvalue weighted by molar-refractivity contribution is 5.23. The molecule has 25 heavy (non-hydrogen) atoms. The van der Waals surface area contributed by atoms with Crippen LogP contribution in [0.15, 0.2) is 36.5 Å². The van der Waals surface area contributed by atoms with E-state index in [9.17, 15) is 9.50 Å². The minimum absolute atomic E-state index is 0.0254. The van der Waals surface area contributed by atoms with E-state index < -0.39 is 6.10 Å². The van der Waals surface area contributed by atoms with Crippen LogP contribution in [0.5, 0.6) is 5.75 Å². The monoisotopic (exact) mass is 345 g/mol. The van der Waals surface area contributed by atoms with Gasteiger partial charge in [-0.15, -0.1) is 0 Å². The second kappa shape index (κ2) is 7.89. The van der Waals surface area contributed by atoms with Gasteiger partial charge in [0.15, 0.2) is 0 Å². The van der Waals surface area contributed by atoms with Gasteiger partial charge in [0.1, 0.15) is 29.6 Å². The predicted octanol–water partition coefficient (Wildman–Crippen LogP) is 2.72. The normalized spacial score (nSPS) is 23.6. The molecule has 2 aromatic rings. The molecule has 1 fully saturated rings. The summed E-state index contributed by atoms with van der Waals surface area (Å²) in [4.78, 5) is 10.6. The van der Waals surface area contributed by atoms with Crippen molar-refractivity contribution >= 4 is 0 Å². The summed E-state index contributed by atoms with van der Waals surface area (Å²) in [5, 5.41) is 10.8. The maximum absolute atomic E-state index is 13.3. The molecular formula is C19H24FN3O2. The van der Waals surface area contributed by atoms with Crippen LogP contribution in [0.3, 0.4) is 0 Å². The fourth-order valence-electron chi connectivity index (χ4n) is 3.41. The Bertz CT molecular complexity index is 713. The van der Waals surface area contributed by atoms with E-state index >= 15 is 0 Å². The van der Waals surface area contributed by atoms with E-state index in [4.69, 9.17) is 4.74 Å². The number of halogens is 1. The van der Waals surface area contributed by atoms with Crippen LogP contribution in [-0.4, -0.2) is 45.3 Å². The first-order valence-electron chi connectivity index (χ1n) is 8.62. The fourth-order valence-corrected chi connectivity index (χ4v) is 3.41. The number of ether oxygens (including phenoxy) is 1. The third-order valence-electron chi connectivity index (χ3n) is 4.66. The second-order valence-corrected chi connectivity index (χ2v) is 6.61. The summed E-state index contributed by atoms with van der Waals surface area (Å²) >= 11 is 0. The predicted molar refractivity (Wildman–Crippen MR) is 92.7 cm³/mol. The number of hydrogen-bond acceptors (Lipinski definition) is 5. The molecule has 1 aliphatic carbocycles. The number of aliphatic hydroxyl groups excluding tert-OH is 1. The molecule has 3 atom stereocenters. The summed E-state index contributed by atoms with van der Waals surface area (Å²) in [6.45, 7) is 2.50. The molecular weight excluding hydrogens is 321 g/mol. The van der Waals surface area contributed by atoms with Gasteiger partial charge in [-0.2, -0.15) is 0 Å². The lowest BCUT2D eigenvalue weighted by atomic mass is 9.89. The van der Waals surface area contributed by atoms with Crippen LogP contribution in [0.1, 0.15) is 30.8 Å². The van der Waals surface area contributed by atoms with Gasteiger partial charge in [0.2, 0.25) is 0 Å². The molecule has 0 radical (unpaired) electrons. The Morgan fingerprint density at radius 3 is 2.92 bits per heavy atom. The first kappa shape index (κ1) is 17.8. The highest BCUT2D eigenvalue weighted by Gasteiger charge is 2.35. The lowest BCUT2D eigenvalue weighted by Gasteiger charge is -2.39. The third kappa shape index (κ3) is 4.52. The number of hydrogen-bond donors (Lipinski definition) is 1. The molecule has 0 spiro atoms. The van der Waals surface area contributed by atoms with Crippen LogP contribution in [-0.2, 0) is 6.54 Å². The Morgan fingerprint density at radius 1 is 1.32 bits per heavy atom. The van der Waals surface area contributed by atoms with E-state index in [1.165, 1.54) is 12.1 Å². The summed E-state index contributed by atoms with van der Waals surface area (Å²) in [5.74, 6) is 0.858. The van der Waals surface area contributed by atoms with E-state index in [1.54, 1.807) is 18.3 Å².